The van der Waals surface area contributed by atoms with Crippen LogP contribution >= 0.6 is 0 Å². The number of nitrogens with one attached hydrogen (secondary N) is 1. The first-order valence-corrected chi connectivity index (χ1v) is 10.6. The van der Waals surface area contributed by atoms with Crippen LogP contribution in [0.25, 0.3) is 0 Å². The fraction of sp³-hybridized carbons (Fsp3) is 0.381. The molecule has 6 heteroatoms. The number of benzene rings is 2. The number of carbonyl (C=O) groups is 1. The molecule has 0 saturated heterocycles. The number of sulfonamides is 1. The number of aryl methyl sites for hydroxylation is 1. The van der Waals surface area contributed by atoms with Crippen molar-refractivity contribution in [3.8, 4) is 0 Å². The standard InChI is InChI=1S/C21H28N2O3S/c1-6-23(7-2)27(25,26)19-15-18(14-13-16(19)3)22-20(24)21(4,5)17-11-9-8-10-12-17/h8-15H,6-7H2,1-5H3,(H,22,24). The summed E-state index contributed by atoms with van der Waals surface area (Å²) < 4.78 is 27.2. The number of hydrogen-bond acceptors (Lipinski definition) is 3. The summed E-state index contributed by atoms with van der Waals surface area (Å²) in [6.07, 6.45) is 0. The highest BCUT2D eigenvalue weighted by atomic mass is 32.2. The molecular formula is C21H28N2O3S. The normalized spacial score (nSPS) is 12.2. The van der Waals surface area contributed by atoms with E-state index in [0.717, 1.165) is 5.56 Å². The van der Waals surface area contributed by atoms with Gasteiger partial charge in [0.15, 0.2) is 0 Å². The van der Waals surface area contributed by atoms with Crippen LogP contribution in [0.3, 0.4) is 0 Å². The fourth-order valence-corrected chi connectivity index (χ4v) is 4.64. The molecule has 0 radical (unpaired) electrons. The highest BCUT2D eigenvalue weighted by Crippen LogP contribution is 2.27. The zero-order valence-corrected chi connectivity index (χ0v) is 17.4. The van der Waals surface area contributed by atoms with Crippen LogP contribution in [0.5, 0.6) is 0 Å². The molecule has 5 nitrogen and oxygen atoms in total. The summed E-state index contributed by atoms with van der Waals surface area (Å²) in [7, 11) is -3.60. The Labute approximate surface area is 162 Å². The van der Waals surface area contributed by atoms with E-state index in [1.165, 1.54) is 4.31 Å². The van der Waals surface area contributed by atoms with Gasteiger partial charge >= 0.3 is 0 Å². The Morgan fingerprint density at radius 2 is 1.63 bits per heavy atom. The molecular weight excluding hydrogens is 360 g/mol. The second-order valence-electron chi connectivity index (χ2n) is 7.01. The van der Waals surface area contributed by atoms with Crippen molar-refractivity contribution in [2.45, 2.75) is 44.9 Å². The van der Waals surface area contributed by atoms with Crippen molar-refractivity contribution in [3.05, 3.63) is 59.7 Å². The highest BCUT2D eigenvalue weighted by Gasteiger charge is 2.30. The van der Waals surface area contributed by atoms with Crippen molar-refractivity contribution in [2.24, 2.45) is 0 Å². The maximum absolute atomic E-state index is 12.9. The van der Waals surface area contributed by atoms with Gasteiger partial charge in [-0.3, -0.25) is 4.79 Å². The van der Waals surface area contributed by atoms with Crippen molar-refractivity contribution in [1.29, 1.82) is 0 Å². The van der Waals surface area contributed by atoms with E-state index in [4.69, 9.17) is 0 Å². The van der Waals surface area contributed by atoms with Gasteiger partial charge in [-0.1, -0.05) is 50.2 Å². The third-order valence-corrected chi connectivity index (χ3v) is 7.02. The SMILES string of the molecule is CCN(CC)S(=O)(=O)c1cc(NC(=O)C(C)(C)c2ccccc2)ccc1C. The van der Waals surface area contributed by atoms with E-state index in [2.05, 4.69) is 5.32 Å². The molecule has 0 unspecified atom stereocenters. The number of hydrogen-bond donors (Lipinski definition) is 1. The summed E-state index contributed by atoms with van der Waals surface area (Å²) in [5, 5.41) is 2.87. The maximum atomic E-state index is 12.9. The second kappa shape index (κ2) is 8.23. The van der Waals surface area contributed by atoms with Crippen LogP contribution in [0.4, 0.5) is 5.69 Å². The zero-order valence-electron chi connectivity index (χ0n) is 16.6. The monoisotopic (exact) mass is 388 g/mol. The molecule has 0 fully saturated rings. The van der Waals surface area contributed by atoms with Gasteiger partial charge in [0.2, 0.25) is 15.9 Å². The van der Waals surface area contributed by atoms with Crippen molar-refractivity contribution in [3.63, 3.8) is 0 Å². The van der Waals surface area contributed by atoms with E-state index in [1.807, 2.05) is 58.0 Å². The summed E-state index contributed by atoms with van der Waals surface area (Å²) in [6, 6.07) is 14.5. The molecule has 0 aliphatic rings. The third kappa shape index (κ3) is 4.39. The van der Waals surface area contributed by atoms with Gasteiger partial charge in [-0.15, -0.1) is 0 Å². The predicted molar refractivity (Wildman–Crippen MR) is 109 cm³/mol. The second-order valence-corrected chi connectivity index (χ2v) is 8.92. The Bertz CT molecular complexity index is 902. The van der Waals surface area contributed by atoms with Gasteiger partial charge in [0, 0.05) is 18.8 Å². The molecule has 0 spiro atoms. The molecule has 1 N–H and O–H groups in total. The minimum Gasteiger partial charge on any atom is -0.325 e. The minimum absolute atomic E-state index is 0.191. The summed E-state index contributed by atoms with van der Waals surface area (Å²) in [4.78, 5) is 13.1. The van der Waals surface area contributed by atoms with E-state index in [1.54, 1.807) is 25.1 Å². The van der Waals surface area contributed by atoms with Crippen molar-refractivity contribution in [2.75, 3.05) is 18.4 Å². The van der Waals surface area contributed by atoms with E-state index in [0.29, 0.717) is 24.3 Å². The summed E-state index contributed by atoms with van der Waals surface area (Å²) in [5.74, 6) is -0.191. The maximum Gasteiger partial charge on any atom is 0.243 e. The van der Waals surface area contributed by atoms with Gasteiger partial charge in [-0.2, -0.15) is 4.31 Å². The van der Waals surface area contributed by atoms with Crippen LogP contribution in [0.15, 0.2) is 53.4 Å². The fourth-order valence-electron chi connectivity index (χ4n) is 2.93. The molecule has 146 valence electrons. The first-order valence-electron chi connectivity index (χ1n) is 9.12. The van der Waals surface area contributed by atoms with Crippen LogP contribution in [-0.2, 0) is 20.2 Å². The Hall–Kier alpha value is -2.18. The Kier molecular flexibility index (Phi) is 6.44. The minimum atomic E-state index is -3.60. The smallest absolute Gasteiger partial charge is 0.243 e. The highest BCUT2D eigenvalue weighted by molar-refractivity contribution is 7.89. The third-order valence-electron chi connectivity index (χ3n) is 4.83. The molecule has 0 saturated carbocycles. The van der Waals surface area contributed by atoms with E-state index in [9.17, 15) is 13.2 Å². The molecule has 2 aromatic carbocycles. The molecule has 0 aromatic heterocycles. The van der Waals surface area contributed by atoms with Gasteiger partial charge in [0.05, 0.1) is 10.3 Å². The molecule has 0 bridgehead atoms. The van der Waals surface area contributed by atoms with Gasteiger partial charge < -0.3 is 5.32 Å². The van der Waals surface area contributed by atoms with Gasteiger partial charge in [-0.25, -0.2) is 8.42 Å². The molecule has 0 atom stereocenters. The van der Waals surface area contributed by atoms with E-state index >= 15 is 0 Å². The Morgan fingerprint density at radius 1 is 1.04 bits per heavy atom. The van der Waals surface area contributed by atoms with Crippen molar-refractivity contribution >= 4 is 21.6 Å². The Balaban J connectivity index is 2.35. The number of anilines is 1. The van der Waals surface area contributed by atoms with E-state index in [-0.39, 0.29) is 10.8 Å². The number of carbonyl (C=O) groups excluding carboxylic acids is 1. The van der Waals surface area contributed by atoms with Crippen molar-refractivity contribution in [1.82, 2.24) is 4.31 Å². The molecule has 1 amide bonds. The predicted octanol–water partition coefficient (Wildman–Crippen LogP) is 3.94. The topological polar surface area (TPSA) is 66.5 Å². The molecule has 27 heavy (non-hydrogen) atoms. The van der Waals surface area contributed by atoms with Gasteiger partial charge in [0.25, 0.3) is 0 Å². The quantitative estimate of drug-likeness (QED) is 0.781. The lowest BCUT2D eigenvalue weighted by Crippen LogP contribution is -2.35. The van der Waals surface area contributed by atoms with Gasteiger partial charge in [0.1, 0.15) is 0 Å². The molecule has 0 aliphatic carbocycles. The average Bonchev–Trinajstić information content (AvgIpc) is 2.64. The lowest BCUT2D eigenvalue weighted by molar-refractivity contribution is -0.120. The summed E-state index contributed by atoms with van der Waals surface area (Å²) in [6.45, 7) is 9.87. The zero-order chi connectivity index (χ0) is 20.2. The lowest BCUT2D eigenvalue weighted by atomic mass is 9.83. The van der Waals surface area contributed by atoms with Gasteiger partial charge in [-0.05, 0) is 44.0 Å². The largest absolute Gasteiger partial charge is 0.325 e. The van der Waals surface area contributed by atoms with E-state index < -0.39 is 15.4 Å². The molecule has 2 aromatic rings. The first kappa shape index (κ1) is 21.1. The molecule has 2 rings (SSSR count). The van der Waals surface area contributed by atoms with Crippen LogP contribution in [0.1, 0.15) is 38.8 Å². The number of nitrogens with zero attached hydrogens (tertiary/aromatic N) is 1. The van der Waals surface area contributed by atoms with Crippen LogP contribution < -0.4 is 5.32 Å². The number of amides is 1. The Morgan fingerprint density at radius 3 is 2.19 bits per heavy atom. The number of rotatable bonds is 7. The summed E-state index contributed by atoms with van der Waals surface area (Å²) in [5.41, 5.74) is 1.28. The molecule has 0 aliphatic heterocycles. The van der Waals surface area contributed by atoms with Crippen LogP contribution in [-0.4, -0.2) is 31.7 Å². The molecule has 0 heterocycles. The first-order chi connectivity index (χ1) is 12.6. The summed E-state index contributed by atoms with van der Waals surface area (Å²) >= 11 is 0. The van der Waals surface area contributed by atoms with Crippen LogP contribution in [0.2, 0.25) is 0 Å². The van der Waals surface area contributed by atoms with Crippen LogP contribution in [0, 0.1) is 6.92 Å². The average molecular weight is 389 g/mol. The lowest BCUT2D eigenvalue weighted by Gasteiger charge is -2.25. The van der Waals surface area contributed by atoms with Crippen molar-refractivity contribution < 1.29 is 13.2 Å².